The molecule has 0 bridgehead atoms. The van der Waals surface area contributed by atoms with Gasteiger partial charge in [0.25, 0.3) is 0 Å². The van der Waals surface area contributed by atoms with Crippen molar-refractivity contribution in [2.75, 3.05) is 11.9 Å². The number of nitrogens with one attached hydrogen (secondary N) is 1. The van der Waals surface area contributed by atoms with E-state index in [0.29, 0.717) is 12.2 Å². The van der Waals surface area contributed by atoms with Gasteiger partial charge in [-0.25, -0.2) is 13.6 Å². The van der Waals surface area contributed by atoms with E-state index in [9.17, 15) is 18.0 Å². The SMILES string of the molecule is CCN(C(=O)C(=O)Nc1ccc(S(N)(=O)=O)cc1)C(C)(C)C. The molecule has 2 amide bonds. The second-order valence-corrected chi connectivity index (χ2v) is 7.31. The molecule has 122 valence electrons. The Hall–Kier alpha value is -1.93. The van der Waals surface area contributed by atoms with E-state index in [1.54, 1.807) is 6.92 Å². The fourth-order valence-electron chi connectivity index (χ4n) is 1.96. The van der Waals surface area contributed by atoms with Gasteiger partial charge in [-0.2, -0.15) is 0 Å². The smallest absolute Gasteiger partial charge is 0.313 e. The van der Waals surface area contributed by atoms with Gasteiger partial charge < -0.3 is 10.2 Å². The number of rotatable bonds is 3. The van der Waals surface area contributed by atoms with E-state index in [1.807, 2.05) is 20.8 Å². The van der Waals surface area contributed by atoms with Gasteiger partial charge in [-0.05, 0) is 52.0 Å². The molecule has 7 nitrogen and oxygen atoms in total. The third-order valence-corrected chi connectivity index (χ3v) is 3.94. The first kappa shape index (κ1) is 18.1. The number of carbonyl (C=O) groups is 2. The van der Waals surface area contributed by atoms with Crippen molar-refractivity contribution in [2.45, 2.75) is 38.1 Å². The first-order valence-electron chi connectivity index (χ1n) is 6.72. The quantitative estimate of drug-likeness (QED) is 0.804. The molecular weight excluding hydrogens is 306 g/mol. The summed E-state index contributed by atoms with van der Waals surface area (Å²) in [6.45, 7) is 7.70. The van der Waals surface area contributed by atoms with Gasteiger partial charge in [-0.3, -0.25) is 9.59 Å². The van der Waals surface area contributed by atoms with Crippen LogP contribution >= 0.6 is 0 Å². The van der Waals surface area contributed by atoms with Gasteiger partial charge in [0, 0.05) is 17.8 Å². The molecular formula is C14H21N3O4S. The molecule has 0 aliphatic heterocycles. The van der Waals surface area contributed by atoms with Gasteiger partial charge in [-0.15, -0.1) is 0 Å². The van der Waals surface area contributed by atoms with Crippen LogP contribution in [0.3, 0.4) is 0 Å². The molecule has 1 aromatic carbocycles. The lowest BCUT2D eigenvalue weighted by atomic mass is 10.1. The summed E-state index contributed by atoms with van der Waals surface area (Å²) in [7, 11) is -3.79. The summed E-state index contributed by atoms with van der Waals surface area (Å²) >= 11 is 0. The van der Waals surface area contributed by atoms with E-state index in [2.05, 4.69) is 5.32 Å². The summed E-state index contributed by atoms with van der Waals surface area (Å²) in [5.41, 5.74) is -0.156. The first-order chi connectivity index (χ1) is 9.96. The van der Waals surface area contributed by atoms with E-state index in [1.165, 1.54) is 29.2 Å². The van der Waals surface area contributed by atoms with Gasteiger partial charge in [0.05, 0.1) is 4.90 Å². The number of primary sulfonamides is 1. The maximum Gasteiger partial charge on any atom is 0.313 e. The van der Waals surface area contributed by atoms with Crippen molar-refractivity contribution < 1.29 is 18.0 Å². The standard InChI is InChI=1S/C14H21N3O4S/c1-5-17(14(2,3)4)13(19)12(18)16-10-6-8-11(9-7-10)22(15,20)21/h6-9H,5H2,1-4H3,(H,16,18)(H2,15,20,21). The van der Waals surface area contributed by atoms with Crippen molar-refractivity contribution in [2.24, 2.45) is 5.14 Å². The first-order valence-corrected chi connectivity index (χ1v) is 8.27. The van der Waals surface area contributed by atoms with Crippen molar-refractivity contribution in [3.8, 4) is 0 Å². The minimum atomic E-state index is -3.79. The Bertz CT molecular complexity index is 660. The second-order valence-electron chi connectivity index (χ2n) is 5.74. The Morgan fingerprint density at radius 2 is 1.68 bits per heavy atom. The van der Waals surface area contributed by atoms with E-state index >= 15 is 0 Å². The zero-order chi connectivity index (χ0) is 17.1. The van der Waals surface area contributed by atoms with Gasteiger partial charge in [0.15, 0.2) is 0 Å². The van der Waals surface area contributed by atoms with Crippen LogP contribution in [0.1, 0.15) is 27.7 Å². The van der Waals surface area contributed by atoms with Crippen LogP contribution in [-0.4, -0.2) is 37.2 Å². The fourth-order valence-corrected chi connectivity index (χ4v) is 2.47. The largest absolute Gasteiger partial charge is 0.330 e. The summed E-state index contributed by atoms with van der Waals surface area (Å²) in [6.07, 6.45) is 0. The molecule has 0 heterocycles. The molecule has 8 heteroatoms. The Balaban J connectivity index is 2.87. The average molecular weight is 327 g/mol. The second kappa shape index (κ2) is 6.45. The predicted molar refractivity (Wildman–Crippen MR) is 83.6 cm³/mol. The zero-order valence-electron chi connectivity index (χ0n) is 13.1. The third kappa shape index (κ3) is 4.54. The van der Waals surface area contributed by atoms with Crippen LogP contribution in [0.5, 0.6) is 0 Å². The molecule has 0 atom stereocenters. The molecule has 0 radical (unpaired) electrons. The summed E-state index contributed by atoms with van der Waals surface area (Å²) in [5, 5.41) is 7.43. The molecule has 0 aliphatic carbocycles. The van der Waals surface area contributed by atoms with Crippen molar-refractivity contribution in [1.82, 2.24) is 4.90 Å². The highest BCUT2D eigenvalue weighted by Crippen LogP contribution is 2.15. The van der Waals surface area contributed by atoms with Gasteiger partial charge in [0.1, 0.15) is 0 Å². The number of hydrogen-bond acceptors (Lipinski definition) is 4. The van der Waals surface area contributed by atoms with Crippen molar-refractivity contribution >= 4 is 27.5 Å². The van der Waals surface area contributed by atoms with Gasteiger partial charge in [0.2, 0.25) is 10.0 Å². The molecule has 0 aromatic heterocycles. The lowest BCUT2D eigenvalue weighted by Gasteiger charge is -2.34. The lowest BCUT2D eigenvalue weighted by Crippen LogP contribution is -2.49. The number of nitrogens with zero attached hydrogens (tertiary/aromatic N) is 1. The van der Waals surface area contributed by atoms with E-state index < -0.39 is 27.4 Å². The Morgan fingerprint density at radius 3 is 2.05 bits per heavy atom. The van der Waals surface area contributed by atoms with Crippen molar-refractivity contribution in [3.05, 3.63) is 24.3 Å². The van der Waals surface area contributed by atoms with Crippen molar-refractivity contribution in [1.29, 1.82) is 0 Å². The number of benzene rings is 1. The maximum atomic E-state index is 12.1. The highest BCUT2D eigenvalue weighted by Gasteiger charge is 2.29. The minimum Gasteiger partial charge on any atom is -0.330 e. The molecule has 1 aromatic rings. The highest BCUT2D eigenvalue weighted by atomic mass is 32.2. The number of likely N-dealkylation sites (N-methyl/N-ethyl adjacent to an activating group) is 1. The number of hydrogen-bond donors (Lipinski definition) is 2. The Morgan fingerprint density at radius 1 is 1.18 bits per heavy atom. The van der Waals surface area contributed by atoms with Crippen LogP contribution in [-0.2, 0) is 19.6 Å². The molecule has 0 spiro atoms. The predicted octanol–water partition coefficient (Wildman–Crippen LogP) is 0.920. The normalized spacial score (nSPS) is 11.9. The lowest BCUT2D eigenvalue weighted by molar-refractivity contribution is -0.146. The zero-order valence-corrected chi connectivity index (χ0v) is 13.9. The fraction of sp³-hybridized carbons (Fsp3) is 0.429. The molecule has 0 saturated heterocycles. The monoisotopic (exact) mass is 327 g/mol. The topological polar surface area (TPSA) is 110 Å². The number of anilines is 1. The summed E-state index contributed by atoms with van der Waals surface area (Å²) in [5.74, 6) is -1.43. The van der Waals surface area contributed by atoms with E-state index in [-0.39, 0.29) is 4.90 Å². The van der Waals surface area contributed by atoms with Crippen LogP contribution in [0.25, 0.3) is 0 Å². The Kier molecular flexibility index (Phi) is 5.31. The van der Waals surface area contributed by atoms with E-state index in [4.69, 9.17) is 5.14 Å². The van der Waals surface area contributed by atoms with Crippen LogP contribution in [0.15, 0.2) is 29.2 Å². The summed E-state index contributed by atoms with van der Waals surface area (Å²) in [4.78, 5) is 25.5. The molecule has 22 heavy (non-hydrogen) atoms. The minimum absolute atomic E-state index is 0.0679. The number of nitrogens with two attached hydrogens (primary N) is 1. The summed E-state index contributed by atoms with van der Waals surface area (Å²) < 4.78 is 22.3. The van der Waals surface area contributed by atoms with E-state index in [0.717, 1.165) is 0 Å². The highest BCUT2D eigenvalue weighted by molar-refractivity contribution is 7.89. The van der Waals surface area contributed by atoms with Gasteiger partial charge in [-0.1, -0.05) is 0 Å². The Labute approximate surface area is 130 Å². The van der Waals surface area contributed by atoms with Crippen LogP contribution in [0.4, 0.5) is 5.69 Å². The van der Waals surface area contributed by atoms with Crippen LogP contribution in [0, 0.1) is 0 Å². The molecule has 0 saturated carbocycles. The van der Waals surface area contributed by atoms with Gasteiger partial charge >= 0.3 is 11.8 Å². The molecule has 0 unspecified atom stereocenters. The molecule has 3 N–H and O–H groups in total. The number of amides is 2. The summed E-state index contributed by atoms with van der Waals surface area (Å²) in [6, 6.07) is 5.27. The molecule has 1 rings (SSSR count). The molecule has 0 aliphatic rings. The van der Waals surface area contributed by atoms with Crippen LogP contribution < -0.4 is 10.5 Å². The number of sulfonamides is 1. The maximum absolute atomic E-state index is 12.1. The number of carbonyl (C=O) groups excluding carboxylic acids is 2. The van der Waals surface area contributed by atoms with Crippen LogP contribution in [0.2, 0.25) is 0 Å². The molecule has 0 fully saturated rings. The third-order valence-electron chi connectivity index (χ3n) is 3.01. The average Bonchev–Trinajstić information content (AvgIpc) is 2.37. The van der Waals surface area contributed by atoms with Crippen molar-refractivity contribution in [3.63, 3.8) is 0 Å².